The van der Waals surface area contributed by atoms with Crippen LogP contribution in [0, 0.1) is 5.82 Å². The van der Waals surface area contributed by atoms with Gasteiger partial charge in [-0.15, -0.1) is 0 Å². The van der Waals surface area contributed by atoms with Crippen molar-refractivity contribution in [2.24, 2.45) is 0 Å². The SMILES string of the molecule is CN1Cc2cc(F)cnc2OCCNC(=O)Cc2cnn3ccc1nc23. The van der Waals surface area contributed by atoms with E-state index in [4.69, 9.17) is 4.74 Å². The molecule has 3 aromatic rings. The summed E-state index contributed by atoms with van der Waals surface area (Å²) in [5, 5.41) is 7.02. The molecule has 0 atom stereocenters. The second-order valence-corrected chi connectivity index (χ2v) is 6.07. The maximum Gasteiger partial charge on any atom is 0.224 e. The minimum absolute atomic E-state index is 0.145. The first-order chi connectivity index (χ1) is 12.6. The summed E-state index contributed by atoms with van der Waals surface area (Å²) in [6.45, 7) is 0.943. The minimum Gasteiger partial charge on any atom is -0.476 e. The molecule has 1 aliphatic rings. The molecule has 4 heterocycles. The summed E-state index contributed by atoms with van der Waals surface area (Å²) in [6, 6.07) is 3.20. The summed E-state index contributed by atoms with van der Waals surface area (Å²) in [7, 11) is 1.85. The Morgan fingerprint density at radius 3 is 3.08 bits per heavy atom. The summed E-state index contributed by atoms with van der Waals surface area (Å²) >= 11 is 0. The number of carbonyl (C=O) groups is 1. The van der Waals surface area contributed by atoms with E-state index in [1.54, 1.807) is 16.9 Å². The lowest BCUT2D eigenvalue weighted by Gasteiger charge is -2.20. The molecule has 0 fully saturated rings. The number of pyridine rings is 1. The standard InChI is InChI=1S/C17H17FN6O2/c1-23-10-12-6-13(18)9-20-17(12)26-5-3-19-15(25)7-11-8-21-24-4-2-14(23)22-16(11)24/h2,4,6,8-9H,3,5,7,10H2,1H3,(H,19,25). The number of ether oxygens (including phenoxy) is 1. The molecule has 1 N–H and O–H groups in total. The van der Waals surface area contributed by atoms with E-state index >= 15 is 0 Å². The highest BCUT2D eigenvalue weighted by Crippen LogP contribution is 2.22. The second kappa shape index (κ2) is 6.58. The lowest BCUT2D eigenvalue weighted by Crippen LogP contribution is -2.30. The first-order valence-electron chi connectivity index (χ1n) is 8.18. The van der Waals surface area contributed by atoms with Crippen LogP contribution in [0.5, 0.6) is 5.88 Å². The third kappa shape index (κ3) is 3.15. The van der Waals surface area contributed by atoms with E-state index in [0.29, 0.717) is 36.0 Å². The van der Waals surface area contributed by atoms with Gasteiger partial charge in [0.25, 0.3) is 0 Å². The molecule has 4 rings (SSSR count). The number of rotatable bonds is 0. The quantitative estimate of drug-likeness (QED) is 0.646. The molecule has 26 heavy (non-hydrogen) atoms. The maximum absolute atomic E-state index is 13.6. The van der Waals surface area contributed by atoms with E-state index in [2.05, 4.69) is 20.4 Å². The number of amides is 1. The van der Waals surface area contributed by atoms with Crippen LogP contribution in [-0.2, 0) is 17.8 Å². The number of hydrogen-bond acceptors (Lipinski definition) is 6. The molecule has 0 saturated carbocycles. The average Bonchev–Trinajstić information content (AvgIpc) is 3.01. The van der Waals surface area contributed by atoms with Gasteiger partial charge < -0.3 is 15.0 Å². The fraction of sp³-hybridized carbons (Fsp3) is 0.294. The highest BCUT2D eigenvalue weighted by molar-refractivity contribution is 5.80. The molecule has 0 radical (unpaired) electrons. The molecule has 0 unspecified atom stereocenters. The molecule has 0 aliphatic carbocycles. The molecular weight excluding hydrogens is 339 g/mol. The van der Waals surface area contributed by atoms with E-state index in [1.807, 2.05) is 18.0 Å². The molecule has 0 saturated heterocycles. The molecule has 134 valence electrons. The van der Waals surface area contributed by atoms with Crippen LogP contribution >= 0.6 is 0 Å². The van der Waals surface area contributed by atoms with Crippen LogP contribution in [0.2, 0.25) is 0 Å². The molecule has 2 bridgehead atoms. The molecular formula is C17H17FN6O2. The minimum atomic E-state index is -0.434. The lowest BCUT2D eigenvalue weighted by molar-refractivity contribution is -0.120. The molecule has 0 aromatic carbocycles. The first kappa shape index (κ1) is 16.2. The Hall–Kier alpha value is -3.23. The third-order valence-corrected chi connectivity index (χ3v) is 4.13. The van der Waals surface area contributed by atoms with Crippen LogP contribution in [0.4, 0.5) is 10.2 Å². The number of halogens is 1. The van der Waals surface area contributed by atoms with Crippen molar-refractivity contribution in [3.8, 4) is 5.88 Å². The number of hydrogen-bond donors (Lipinski definition) is 1. The normalized spacial score (nSPS) is 15.3. The third-order valence-electron chi connectivity index (χ3n) is 4.13. The molecule has 1 aliphatic heterocycles. The van der Waals surface area contributed by atoms with Gasteiger partial charge in [-0.2, -0.15) is 5.10 Å². The van der Waals surface area contributed by atoms with E-state index in [1.165, 1.54) is 6.07 Å². The zero-order valence-corrected chi connectivity index (χ0v) is 14.1. The number of carbonyl (C=O) groups excluding carboxylic acids is 1. The monoisotopic (exact) mass is 356 g/mol. The summed E-state index contributed by atoms with van der Waals surface area (Å²) in [4.78, 5) is 22.6. The van der Waals surface area contributed by atoms with Crippen LogP contribution < -0.4 is 15.0 Å². The molecule has 8 nitrogen and oxygen atoms in total. The van der Waals surface area contributed by atoms with E-state index in [9.17, 15) is 9.18 Å². The van der Waals surface area contributed by atoms with Crippen LogP contribution in [0.3, 0.4) is 0 Å². The molecule has 1 amide bonds. The van der Waals surface area contributed by atoms with Crippen molar-refractivity contribution in [3.05, 3.63) is 47.7 Å². The summed E-state index contributed by atoms with van der Waals surface area (Å²) in [5.74, 6) is 0.438. The summed E-state index contributed by atoms with van der Waals surface area (Å²) in [5.41, 5.74) is 1.96. The van der Waals surface area contributed by atoms with Crippen molar-refractivity contribution in [3.63, 3.8) is 0 Å². The zero-order chi connectivity index (χ0) is 18.1. The van der Waals surface area contributed by atoms with Crippen molar-refractivity contribution in [2.45, 2.75) is 13.0 Å². The van der Waals surface area contributed by atoms with Gasteiger partial charge in [0, 0.05) is 30.9 Å². The Kier molecular flexibility index (Phi) is 4.11. The number of fused-ring (bicyclic) bond motifs is 2. The fourth-order valence-electron chi connectivity index (χ4n) is 2.87. The largest absolute Gasteiger partial charge is 0.476 e. The smallest absolute Gasteiger partial charge is 0.224 e. The second-order valence-electron chi connectivity index (χ2n) is 6.07. The summed E-state index contributed by atoms with van der Waals surface area (Å²) in [6.07, 6.45) is 4.72. The van der Waals surface area contributed by atoms with Crippen molar-refractivity contribution in [2.75, 3.05) is 25.1 Å². The van der Waals surface area contributed by atoms with Crippen LogP contribution in [0.25, 0.3) is 5.65 Å². The average molecular weight is 356 g/mol. The van der Waals surface area contributed by atoms with Gasteiger partial charge >= 0.3 is 0 Å². The Labute approximate surface area is 148 Å². The lowest BCUT2D eigenvalue weighted by atomic mass is 10.2. The highest BCUT2D eigenvalue weighted by atomic mass is 19.1. The van der Waals surface area contributed by atoms with Crippen molar-refractivity contribution in [1.29, 1.82) is 0 Å². The zero-order valence-electron chi connectivity index (χ0n) is 14.1. The van der Waals surface area contributed by atoms with Gasteiger partial charge in [-0.25, -0.2) is 18.9 Å². The van der Waals surface area contributed by atoms with Gasteiger partial charge in [0.2, 0.25) is 11.8 Å². The Morgan fingerprint density at radius 2 is 2.19 bits per heavy atom. The van der Waals surface area contributed by atoms with Gasteiger partial charge in [0.15, 0.2) is 5.65 Å². The molecule has 9 heteroatoms. The number of nitrogens with one attached hydrogen (secondary N) is 1. The van der Waals surface area contributed by atoms with Gasteiger partial charge in [-0.3, -0.25) is 4.79 Å². The number of aromatic nitrogens is 4. The van der Waals surface area contributed by atoms with Gasteiger partial charge in [-0.1, -0.05) is 0 Å². The Balaban J connectivity index is 1.76. The predicted octanol–water partition coefficient (Wildman–Crippen LogP) is 0.951. The van der Waals surface area contributed by atoms with Crippen molar-refractivity contribution < 1.29 is 13.9 Å². The first-order valence-corrected chi connectivity index (χ1v) is 8.18. The van der Waals surface area contributed by atoms with Gasteiger partial charge in [0.05, 0.1) is 25.4 Å². The van der Waals surface area contributed by atoms with E-state index in [0.717, 1.165) is 11.8 Å². The Bertz CT molecular complexity index is 973. The van der Waals surface area contributed by atoms with Crippen LogP contribution in [0.15, 0.2) is 30.7 Å². The molecule has 3 aromatic heterocycles. The van der Waals surface area contributed by atoms with Gasteiger partial charge in [0.1, 0.15) is 18.2 Å². The van der Waals surface area contributed by atoms with Crippen molar-refractivity contribution >= 4 is 17.4 Å². The fourth-order valence-corrected chi connectivity index (χ4v) is 2.87. The van der Waals surface area contributed by atoms with E-state index in [-0.39, 0.29) is 18.9 Å². The van der Waals surface area contributed by atoms with E-state index < -0.39 is 5.82 Å². The highest BCUT2D eigenvalue weighted by Gasteiger charge is 2.16. The summed E-state index contributed by atoms with van der Waals surface area (Å²) < 4.78 is 20.9. The van der Waals surface area contributed by atoms with Crippen LogP contribution in [-0.4, -0.2) is 45.7 Å². The number of nitrogens with zero attached hydrogens (tertiary/aromatic N) is 5. The van der Waals surface area contributed by atoms with Crippen LogP contribution in [0.1, 0.15) is 11.1 Å². The molecule has 0 spiro atoms. The predicted molar refractivity (Wildman–Crippen MR) is 91.5 cm³/mol. The Morgan fingerprint density at radius 1 is 1.31 bits per heavy atom. The number of anilines is 1. The van der Waals surface area contributed by atoms with Crippen molar-refractivity contribution in [1.82, 2.24) is 24.9 Å². The topological polar surface area (TPSA) is 84.6 Å². The van der Waals surface area contributed by atoms with Gasteiger partial charge in [-0.05, 0) is 12.1 Å². The maximum atomic E-state index is 13.6.